The van der Waals surface area contributed by atoms with Crippen molar-refractivity contribution >= 4 is 23.1 Å². The minimum Gasteiger partial charge on any atom is -0.493 e. The van der Waals surface area contributed by atoms with Gasteiger partial charge in [-0.2, -0.15) is 9.78 Å². The lowest BCUT2D eigenvalue weighted by Crippen LogP contribution is -2.17. The van der Waals surface area contributed by atoms with Crippen LogP contribution in [0.1, 0.15) is 11.3 Å². The highest BCUT2D eigenvalue weighted by Gasteiger charge is 2.15. The van der Waals surface area contributed by atoms with Crippen molar-refractivity contribution in [3.63, 3.8) is 0 Å². The van der Waals surface area contributed by atoms with Crippen LogP contribution in [-0.2, 0) is 11.2 Å². The average molecular weight is 435 g/mol. The Kier molecular flexibility index (Phi) is 5.99. The molecule has 0 aliphatic carbocycles. The fraction of sp³-hybridized carbons (Fsp3) is 0.174. The fourth-order valence-corrected chi connectivity index (χ4v) is 4.00. The largest absolute Gasteiger partial charge is 0.493 e. The van der Waals surface area contributed by atoms with Gasteiger partial charge in [-0.05, 0) is 24.6 Å². The van der Waals surface area contributed by atoms with Gasteiger partial charge in [-0.25, -0.2) is 4.98 Å². The number of carbonyl (C=O) groups is 1. The molecule has 0 bridgehead atoms. The number of rotatable bonds is 7. The molecule has 4 rings (SSSR count). The van der Waals surface area contributed by atoms with Crippen molar-refractivity contribution in [2.75, 3.05) is 19.5 Å². The van der Waals surface area contributed by atoms with Crippen molar-refractivity contribution < 1.29 is 14.3 Å². The summed E-state index contributed by atoms with van der Waals surface area (Å²) in [5.74, 6) is 1.63. The van der Waals surface area contributed by atoms with Crippen LogP contribution < -0.4 is 14.8 Å². The lowest BCUT2D eigenvalue weighted by molar-refractivity contribution is -0.115. The molecule has 2 heterocycles. The molecule has 31 heavy (non-hydrogen) atoms. The van der Waals surface area contributed by atoms with Gasteiger partial charge in [0.05, 0.1) is 32.0 Å². The Bertz CT molecular complexity index is 1200. The van der Waals surface area contributed by atoms with E-state index in [1.807, 2.05) is 54.8 Å². The topological polar surface area (TPSA) is 78.3 Å². The fourth-order valence-electron chi connectivity index (χ4n) is 3.20. The predicted molar refractivity (Wildman–Crippen MR) is 121 cm³/mol. The molecule has 0 unspecified atom stereocenters. The number of nitrogens with zero attached hydrogens (tertiary/aromatic N) is 3. The highest BCUT2D eigenvalue weighted by atomic mass is 32.1. The molecule has 1 amide bonds. The molecule has 2 aromatic carbocycles. The van der Waals surface area contributed by atoms with Crippen LogP contribution in [0.5, 0.6) is 11.5 Å². The first-order valence-electron chi connectivity index (χ1n) is 9.66. The van der Waals surface area contributed by atoms with Crippen LogP contribution in [0.15, 0.2) is 60.0 Å². The predicted octanol–water partition coefficient (Wildman–Crippen LogP) is 4.50. The van der Waals surface area contributed by atoms with Crippen LogP contribution in [0.25, 0.3) is 16.4 Å². The molecular weight excluding hydrogens is 412 g/mol. The lowest BCUT2D eigenvalue weighted by atomic mass is 10.1. The van der Waals surface area contributed by atoms with E-state index < -0.39 is 0 Å². The summed E-state index contributed by atoms with van der Waals surface area (Å²) in [6, 6.07) is 17.2. The number of hydrogen-bond donors (Lipinski definition) is 1. The number of hydrogen-bond acceptors (Lipinski definition) is 6. The van der Waals surface area contributed by atoms with Gasteiger partial charge in [0.1, 0.15) is 5.82 Å². The number of thiazole rings is 1. The lowest BCUT2D eigenvalue weighted by Gasteiger charge is -2.10. The smallest absolute Gasteiger partial charge is 0.229 e. The number of aryl methyl sites for hydroxylation is 1. The van der Waals surface area contributed by atoms with E-state index in [0.29, 0.717) is 22.4 Å². The van der Waals surface area contributed by atoms with Crippen molar-refractivity contribution in [3.8, 4) is 27.9 Å². The summed E-state index contributed by atoms with van der Waals surface area (Å²) >= 11 is 1.47. The van der Waals surface area contributed by atoms with E-state index in [1.54, 1.807) is 31.0 Å². The first-order valence-corrected chi connectivity index (χ1v) is 10.5. The summed E-state index contributed by atoms with van der Waals surface area (Å²) in [5.41, 5.74) is 3.51. The van der Waals surface area contributed by atoms with Gasteiger partial charge in [-0.15, -0.1) is 11.3 Å². The summed E-state index contributed by atoms with van der Waals surface area (Å²) in [6.45, 7) is 1.88. The van der Waals surface area contributed by atoms with Crippen molar-refractivity contribution in [2.45, 2.75) is 13.3 Å². The quantitative estimate of drug-likeness (QED) is 0.463. The maximum absolute atomic E-state index is 12.7. The molecule has 8 heteroatoms. The molecule has 0 radical (unpaired) electrons. The molecule has 0 fully saturated rings. The van der Waals surface area contributed by atoms with Gasteiger partial charge < -0.3 is 14.8 Å². The number of methoxy groups -OCH3 is 2. The van der Waals surface area contributed by atoms with Gasteiger partial charge in [0.15, 0.2) is 11.5 Å². The Morgan fingerprint density at radius 2 is 1.84 bits per heavy atom. The maximum Gasteiger partial charge on any atom is 0.229 e. The van der Waals surface area contributed by atoms with Gasteiger partial charge in [-0.3, -0.25) is 4.79 Å². The second kappa shape index (κ2) is 9.01. The zero-order chi connectivity index (χ0) is 21.8. The van der Waals surface area contributed by atoms with E-state index in [9.17, 15) is 4.79 Å². The van der Waals surface area contributed by atoms with Gasteiger partial charge in [0, 0.05) is 17.0 Å². The van der Waals surface area contributed by atoms with Gasteiger partial charge >= 0.3 is 0 Å². The summed E-state index contributed by atoms with van der Waals surface area (Å²) in [7, 11) is 3.15. The Morgan fingerprint density at radius 3 is 2.58 bits per heavy atom. The molecule has 0 spiro atoms. The molecule has 158 valence electrons. The third-order valence-corrected chi connectivity index (χ3v) is 5.47. The van der Waals surface area contributed by atoms with E-state index >= 15 is 0 Å². The second-order valence-corrected chi connectivity index (χ2v) is 7.71. The number of aromatic nitrogens is 3. The molecule has 2 aromatic heterocycles. The normalized spacial score (nSPS) is 10.7. The van der Waals surface area contributed by atoms with Crippen LogP contribution in [0.3, 0.4) is 0 Å². The molecule has 4 aromatic rings. The SMILES string of the molecule is COc1ccc(CC(=O)Nc2cc(C)nn2-c2nc(-c3ccccc3)cs2)cc1OC. The zero-order valence-corrected chi connectivity index (χ0v) is 18.3. The number of benzene rings is 2. The molecule has 0 aliphatic rings. The van der Waals surface area contributed by atoms with E-state index in [1.165, 1.54) is 11.3 Å². The first kappa shape index (κ1) is 20.6. The van der Waals surface area contributed by atoms with E-state index in [2.05, 4.69) is 10.4 Å². The van der Waals surface area contributed by atoms with Crippen LogP contribution in [0, 0.1) is 6.92 Å². The number of amides is 1. The van der Waals surface area contributed by atoms with Crippen molar-refractivity contribution in [1.29, 1.82) is 0 Å². The van der Waals surface area contributed by atoms with Crippen molar-refractivity contribution in [3.05, 3.63) is 71.2 Å². The summed E-state index contributed by atoms with van der Waals surface area (Å²) in [5, 5.41) is 10.1. The molecular formula is C23H22N4O3S. The van der Waals surface area contributed by atoms with E-state index in [4.69, 9.17) is 14.5 Å². The zero-order valence-electron chi connectivity index (χ0n) is 17.5. The molecule has 0 saturated heterocycles. The Labute approximate surface area is 184 Å². The van der Waals surface area contributed by atoms with E-state index in [-0.39, 0.29) is 12.3 Å². The standard InChI is InChI=1S/C23H22N4O3S/c1-15-11-21(25-22(28)13-16-9-10-19(29-2)20(12-16)30-3)27(26-15)23-24-18(14-31-23)17-7-5-4-6-8-17/h4-12,14H,13H2,1-3H3,(H,25,28). The molecule has 0 aliphatic heterocycles. The van der Waals surface area contributed by atoms with Gasteiger partial charge in [0.25, 0.3) is 0 Å². The minimum atomic E-state index is -0.159. The Balaban J connectivity index is 1.53. The first-order chi connectivity index (χ1) is 15.1. The highest BCUT2D eigenvalue weighted by Crippen LogP contribution is 2.28. The van der Waals surface area contributed by atoms with Crippen LogP contribution >= 0.6 is 11.3 Å². The number of anilines is 1. The number of ether oxygens (including phenoxy) is 2. The average Bonchev–Trinajstić information content (AvgIpc) is 3.40. The Hall–Kier alpha value is -3.65. The van der Waals surface area contributed by atoms with Crippen LogP contribution in [-0.4, -0.2) is 34.9 Å². The van der Waals surface area contributed by atoms with Gasteiger partial charge in [0.2, 0.25) is 11.0 Å². The third kappa shape index (κ3) is 4.59. The second-order valence-electron chi connectivity index (χ2n) is 6.88. The van der Waals surface area contributed by atoms with Gasteiger partial charge in [-0.1, -0.05) is 36.4 Å². The summed E-state index contributed by atoms with van der Waals surface area (Å²) in [6.07, 6.45) is 0.192. The minimum absolute atomic E-state index is 0.159. The maximum atomic E-state index is 12.7. The highest BCUT2D eigenvalue weighted by molar-refractivity contribution is 7.12. The summed E-state index contributed by atoms with van der Waals surface area (Å²) in [4.78, 5) is 17.4. The number of nitrogens with one attached hydrogen (secondary N) is 1. The molecule has 1 N–H and O–H groups in total. The number of carbonyl (C=O) groups excluding carboxylic acids is 1. The van der Waals surface area contributed by atoms with Crippen LogP contribution in [0.2, 0.25) is 0 Å². The molecule has 0 saturated carbocycles. The van der Waals surface area contributed by atoms with E-state index in [0.717, 1.165) is 22.5 Å². The van der Waals surface area contributed by atoms with Crippen molar-refractivity contribution in [2.24, 2.45) is 0 Å². The monoisotopic (exact) mass is 434 g/mol. The Morgan fingerprint density at radius 1 is 1.06 bits per heavy atom. The molecule has 7 nitrogen and oxygen atoms in total. The third-order valence-electron chi connectivity index (χ3n) is 4.65. The molecule has 0 atom stereocenters. The van der Waals surface area contributed by atoms with Crippen molar-refractivity contribution in [1.82, 2.24) is 14.8 Å². The summed E-state index contributed by atoms with van der Waals surface area (Å²) < 4.78 is 12.2. The van der Waals surface area contributed by atoms with Crippen LogP contribution in [0.4, 0.5) is 5.82 Å².